The fourth-order valence-electron chi connectivity index (χ4n) is 1.69. The molecule has 0 saturated heterocycles. The molecule has 0 aliphatic heterocycles. The van der Waals surface area contributed by atoms with Crippen LogP contribution < -0.4 is 0 Å². The average Bonchev–Trinajstić information content (AvgIpc) is 2.92. The molecule has 2 saturated carbocycles. The van der Waals surface area contributed by atoms with Crippen molar-refractivity contribution in [1.29, 1.82) is 0 Å². The zero-order valence-electron chi connectivity index (χ0n) is 8.21. The molecule has 2 aliphatic rings. The number of ketones is 2. The van der Waals surface area contributed by atoms with E-state index in [1.54, 1.807) is 0 Å². The Labute approximate surface area is 84.1 Å². The van der Waals surface area contributed by atoms with Gasteiger partial charge in [-0.2, -0.15) is 0 Å². The van der Waals surface area contributed by atoms with Crippen molar-refractivity contribution in [2.24, 2.45) is 11.8 Å². The molecular formula is C12H14O2. The molecule has 2 heteroatoms. The van der Waals surface area contributed by atoms with Crippen LogP contribution in [0, 0.1) is 23.7 Å². The molecule has 0 radical (unpaired) electrons. The molecule has 2 aliphatic carbocycles. The SMILES string of the molecule is O=C1CCC(CC#CC2CC2)C(=O)C1. The minimum Gasteiger partial charge on any atom is -0.299 e. The zero-order valence-corrected chi connectivity index (χ0v) is 8.21. The highest BCUT2D eigenvalue weighted by molar-refractivity contribution is 6.02. The number of hydrogen-bond donors (Lipinski definition) is 0. The average molecular weight is 190 g/mol. The van der Waals surface area contributed by atoms with Crippen LogP contribution in [0.4, 0.5) is 0 Å². The molecular weight excluding hydrogens is 176 g/mol. The van der Waals surface area contributed by atoms with Crippen molar-refractivity contribution in [3.8, 4) is 11.8 Å². The fourth-order valence-corrected chi connectivity index (χ4v) is 1.69. The number of hydrogen-bond acceptors (Lipinski definition) is 2. The molecule has 1 atom stereocenters. The van der Waals surface area contributed by atoms with Crippen molar-refractivity contribution in [3.05, 3.63) is 0 Å². The number of carbonyl (C=O) groups is 2. The maximum absolute atomic E-state index is 11.4. The summed E-state index contributed by atoms with van der Waals surface area (Å²) in [6.45, 7) is 0. The third-order valence-corrected chi connectivity index (χ3v) is 2.83. The predicted molar refractivity (Wildman–Crippen MR) is 52.5 cm³/mol. The van der Waals surface area contributed by atoms with Crippen molar-refractivity contribution in [2.75, 3.05) is 0 Å². The molecule has 0 bridgehead atoms. The van der Waals surface area contributed by atoms with Gasteiger partial charge in [0, 0.05) is 24.7 Å². The van der Waals surface area contributed by atoms with Gasteiger partial charge in [0.2, 0.25) is 0 Å². The van der Waals surface area contributed by atoms with Gasteiger partial charge in [-0.05, 0) is 19.3 Å². The quantitative estimate of drug-likeness (QED) is 0.466. The number of Topliss-reactive ketones (excluding diaryl/α,β-unsaturated/α-hetero) is 2. The summed E-state index contributed by atoms with van der Waals surface area (Å²) in [5.41, 5.74) is 0. The van der Waals surface area contributed by atoms with E-state index in [1.807, 2.05) is 0 Å². The Morgan fingerprint density at radius 1 is 1.21 bits per heavy atom. The van der Waals surface area contributed by atoms with E-state index in [0.29, 0.717) is 18.8 Å². The minimum absolute atomic E-state index is 0.0407. The molecule has 0 spiro atoms. The summed E-state index contributed by atoms with van der Waals surface area (Å²) in [5.74, 6) is 7.08. The van der Waals surface area contributed by atoms with Gasteiger partial charge in [0.05, 0.1) is 6.42 Å². The van der Waals surface area contributed by atoms with Gasteiger partial charge < -0.3 is 0 Å². The zero-order chi connectivity index (χ0) is 9.97. The van der Waals surface area contributed by atoms with Crippen LogP contribution in [-0.4, -0.2) is 11.6 Å². The van der Waals surface area contributed by atoms with Gasteiger partial charge >= 0.3 is 0 Å². The Hall–Kier alpha value is -1.10. The molecule has 1 unspecified atom stereocenters. The van der Waals surface area contributed by atoms with E-state index in [-0.39, 0.29) is 23.9 Å². The highest BCUT2D eigenvalue weighted by Crippen LogP contribution is 2.28. The lowest BCUT2D eigenvalue weighted by Gasteiger charge is -2.16. The first-order valence-corrected chi connectivity index (χ1v) is 5.28. The van der Waals surface area contributed by atoms with E-state index in [2.05, 4.69) is 11.8 Å². The molecule has 2 fully saturated rings. The summed E-state index contributed by atoms with van der Waals surface area (Å²) < 4.78 is 0. The smallest absolute Gasteiger partial charge is 0.144 e. The first-order valence-electron chi connectivity index (χ1n) is 5.28. The highest BCUT2D eigenvalue weighted by Gasteiger charge is 2.26. The lowest BCUT2D eigenvalue weighted by Crippen LogP contribution is -2.24. The molecule has 2 nitrogen and oxygen atoms in total. The van der Waals surface area contributed by atoms with Crippen LogP contribution in [0.15, 0.2) is 0 Å². The van der Waals surface area contributed by atoms with Crippen molar-refractivity contribution >= 4 is 11.6 Å². The van der Waals surface area contributed by atoms with Gasteiger partial charge in [-0.1, -0.05) is 5.92 Å². The third-order valence-electron chi connectivity index (χ3n) is 2.83. The molecule has 0 amide bonds. The van der Waals surface area contributed by atoms with E-state index >= 15 is 0 Å². The van der Waals surface area contributed by atoms with Gasteiger partial charge in [-0.3, -0.25) is 9.59 Å². The van der Waals surface area contributed by atoms with E-state index in [4.69, 9.17) is 0 Å². The largest absolute Gasteiger partial charge is 0.299 e. The number of rotatable bonds is 1. The monoisotopic (exact) mass is 190 g/mol. The van der Waals surface area contributed by atoms with Gasteiger partial charge in [-0.25, -0.2) is 0 Å². The Balaban J connectivity index is 1.82. The molecule has 14 heavy (non-hydrogen) atoms. The molecule has 0 aromatic heterocycles. The van der Waals surface area contributed by atoms with Gasteiger partial charge in [0.15, 0.2) is 0 Å². The summed E-state index contributed by atoms with van der Waals surface area (Å²) >= 11 is 0. The standard InChI is InChI=1S/C12H14O2/c13-11-7-6-10(12(14)8-11)3-1-2-9-4-5-9/h9-10H,3-8H2. The molecule has 0 heterocycles. The lowest BCUT2D eigenvalue weighted by atomic mass is 9.85. The summed E-state index contributed by atoms with van der Waals surface area (Å²) in [6, 6.07) is 0. The maximum atomic E-state index is 11.4. The van der Waals surface area contributed by atoms with Gasteiger partial charge in [-0.15, -0.1) is 5.92 Å². The van der Waals surface area contributed by atoms with Crippen LogP contribution in [-0.2, 0) is 9.59 Å². The minimum atomic E-state index is 0.0407. The summed E-state index contributed by atoms with van der Waals surface area (Å²) in [4.78, 5) is 22.4. The highest BCUT2D eigenvalue weighted by atomic mass is 16.1. The summed E-state index contributed by atoms with van der Waals surface area (Å²) in [7, 11) is 0. The van der Waals surface area contributed by atoms with E-state index in [9.17, 15) is 9.59 Å². The first-order chi connectivity index (χ1) is 6.75. The van der Waals surface area contributed by atoms with Crippen molar-refractivity contribution in [3.63, 3.8) is 0 Å². The Morgan fingerprint density at radius 2 is 2.00 bits per heavy atom. The van der Waals surface area contributed by atoms with Crippen LogP contribution in [0.3, 0.4) is 0 Å². The van der Waals surface area contributed by atoms with Crippen LogP contribution in [0.2, 0.25) is 0 Å². The Morgan fingerprint density at radius 3 is 2.64 bits per heavy atom. The van der Waals surface area contributed by atoms with E-state index < -0.39 is 0 Å². The second-order valence-corrected chi connectivity index (χ2v) is 4.22. The van der Waals surface area contributed by atoms with Crippen molar-refractivity contribution in [1.82, 2.24) is 0 Å². The second-order valence-electron chi connectivity index (χ2n) is 4.22. The molecule has 0 aromatic carbocycles. The molecule has 2 rings (SSSR count). The van der Waals surface area contributed by atoms with E-state index in [1.165, 1.54) is 12.8 Å². The van der Waals surface area contributed by atoms with Crippen LogP contribution in [0.25, 0.3) is 0 Å². The summed E-state index contributed by atoms with van der Waals surface area (Å²) in [5, 5.41) is 0. The molecule has 0 N–H and O–H groups in total. The van der Waals surface area contributed by atoms with Crippen molar-refractivity contribution < 1.29 is 9.59 Å². The predicted octanol–water partition coefficient (Wildman–Crippen LogP) is 1.73. The van der Waals surface area contributed by atoms with Gasteiger partial charge in [0.25, 0.3) is 0 Å². The Bertz CT molecular complexity index is 315. The van der Waals surface area contributed by atoms with Crippen LogP contribution in [0.1, 0.15) is 38.5 Å². The molecule has 74 valence electrons. The van der Waals surface area contributed by atoms with Gasteiger partial charge in [0.1, 0.15) is 11.6 Å². The number of carbonyl (C=O) groups excluding carboxylic acids is 2. The Kier molecular flexibility index (Phi) is 2.67. The lowest BCUT2D eigenvalue weighted by molar-refractivity contribution is -0.132. The normalized spacial score (nSPS) is 27.0. The second kappa shape index (κ2) is 3.96. The molecule has 0 aromatic rings. The van der Waals surface area contributed by atoms with E-state index in [0.717, 1.165) is 6.42 Å². The maximum Gasteiger partial charge on any atom is 0.144 e. The fraction of sp³-hybridized carbons (Fsp3) is 0.667. The first kappa shape index (κ1) is 9.45. The third kappa shape index (κ3) is 2.45. The van der Waals surface area contributed by atoms with Crippen molar-refractivity contribution in [2.45, 2.75) is 38.5 Å². The topological polar surface area (TPSA) is 34.1 Å². The van der Waals surface area contributed by atoms with Crippen LogP contribution in [0.5, 0.6) is 0 Å². The van der Waals surface area contributed by atoms with Crippen LogP contribution >= 0.6 is 0 Å². The summed E-state index contributed by atoms with van der Waals surface area (Å²) in [6.07, 6.45) is 4.56.